The predicted molar refractivity (Wildman–Crippen MR) is 110 cm³/mol. The lowest BCUT2D eigenvalue weighted by atomic mass is 10.2. The molecule has 0 radical (unpaired) electrons. The number of aromatic nitrogens is 2. The minimum Gasteiger partial charge on any atom is -0.354 e. The van der Waals surface area contributed by atoms with Crippen LogP contribution in [0.4, 0.5) is 11.8 Å². The minimum atomic E-state index is 0.879. The molecule has 144 valence electrons. The van der Waals surface area contributed by atoms with Crippen molar-refractivity contribution in [1.82, 2.24) is 19.8 Å². The number of hydrogen-bond donors (Lipinski definition) is 0. The van der Waals surface area contributed by atoms with Crippen molar-refractivity contribution in [1.29, 1.82) is 0 Å². The van der Waals surface area contributed by atoms with Crippen molar-refractivity contribution >= 4 is 11.8 Å². The van der Waals surface area contributed by atoms with E-state index >= 15 is 0 Å². The van der Waals surface area contributed by atoms with Gasteiger partial charge < -0.3 is 14.7 Å². The molecule has 6 nitrogen and oxygen atoms in total. The molecule has 0 N–H and O–H groups in total. The summed E-state index contributed by atoms with van der Waals surface area (Å²) in [6.45, 7) is 12.8. The Hall–Kier alpha value is -2.18. The average molecular weight is 367 g/mol. The molecule has 2 fully saturated rings. The van der Waals surface area contributed by atoms with E-state index in [1.54, 1.807) is 0 Å². The molecule has 0 bridgehead atoms. The molecule has 2 saturated heterocycles. The third kappa shape index (κ3) is 4.57. The summed E-state index contributed by atoms with van der Waals surface area (Å²) in [7, 11) is 0. The van der Waals surface area contributed by atoms with Crippen molar-refractivity contribution < 1.29 is 0 Å². The van der Waals surface area contributed by atoms with Crippen LogP contribution in [-0.2, 0) is 6.54 Å². The second kappa shape index (κ2) is 8.67. The molecule has 0 atom stereocenters. The fourth-order valence-corrected chi connectivity index (χ4v) is 3.91. The standard InChI is InChI=1S/C21H30N6/c1-2-24-10-14-26(15-11-24)20-8-9-22-21(23-20)27-16-12-25(13-17-27)18-19-6-4-3-5-7-19/h3-9H,2,10-18H2,1H3. The summed E-state index contributed by atoms with van der Waals surface area (Å²) in [5.74, 6) is 1.95. The highest BCUT2D eigenvalue weighted by molar-refractivity contribution is 5.44. The Kier molecular flexibility index (Phi) is 5.84. The zero-order valence-corrected chi connectivity index (χ0v) is 16.3. The molecule has 6 heteroatoms. The molecular weight excluding hydrogens is 336 g/mol. The van der Waals surface area contributed by atoms with Crippen molar-refractivity contribution in [3.63, 3.8) is 0 Å². The smallest absolute Gasteiger partial charge is 0.227 e. The van der Waals surface area contributed by atoms with Gasteiger partial charge in [-0.05, 0) is 18.2 Å². The minimum absolute atomic E-state index is 0.879. The number of benzene rings is 1. The van der Waals surface area contributed by atoms with Gasteiger partial charge in [-0.25, -0.2) is 4.98 Å². The number of anilines is 2. The van der Waals surface area contributed by atoms with Crippen LogP contribution >= 0.6 is 0 Å². The molecular formula is C21H30N6. The lowest BCUT2D eigenvalue weighted by Gasteiger charge is -2.36. The molecule has 2 aliphatic heterocycles. The van der Waals surface area contributed by atoms with Gasteiger partial charge in [-0.3, -0.25) is 4.90 Å². The maximum Gasteiger partial charge on any atom is 0.227 e. The second-order valence-corrected chi connectivity index (χ2v) is 7.38. The first-order valence-electron chi connectivity index (χ1n) is 10.1. The zero-order chi connectivity index (χ0) is 18.5. The van der Waals surface area contributed by atoms with E-state index in [1.165, 1.54) is 5.56 Å². The van der Waals surface area contributed by atoms with Gasteiger partial charge in [-0.15, -0.1) is 0 Å². The van der Waals surface area contributed by atoms with Gasteiger partial charge in [0.15, 0.2) is 0 Å². The Morgan fingerprint density at radius 1 is 0.778 bits per heavy atom. The molecule has 0 saturated carbocycles. The molecule has 2 aliphatic rings. The molecule has 2 aromatic rings. The first-order chi connectivity index (χ1) is 13.3. The van der Waals surface area contributed by atoms with Gasteiger partial charge in [0.2, 0.25) is 5.95 Å². The molecule has 0 amide bonds. The average Bonchev–Trinajstić information content (AvgIpc) is 2.75. The van der Waals surface area contributed by atoms with Crippen LogP contribution in [0, 0.1) is 0 Å². The van der Waals surface area contributed by atoms with E-state index in [0.717, 1.165) is 77.2 Å². The van der Waals surface area contributed by atoms with E-state index in [-0.39, 0.29) is 0 Å². The van der Waals surface area contributed by atoms with Gasteiger partial charge in [0.1, 0.15) is 5.82 Å². The van der Waals surface area contributed by atoms with Crippen molar-refractivity contribution in [2.24, 2.45) is 0 Å². The van der Waals surface area contributed by atoms with Crippen LogP contribution in [0.25, 0.3) is 0 Å². The summed E-state index contributed by atoms with van der Waals surface area (Å²) in [5, 5.41) is 0. The van der Waals surface area contributed by atoms with Crippen molar-refractivity contribution in [3.05, 3.63) is 48.2 Å². The topological polar surface area (TPSA) is 38.7 Å². The van der Waals surface area contributed by atoms with Gasteiger partial charge in [0.05, 0.1) is 0 Å². The number of piperazine rings is 2. The maximum absolute atomic E-state index is 4.88. The lowest BCUT2D eigenvalue weighted by molar-refractivity contribution is 0.248. The van der Waals surface area contributed by atoms with Crippen molar-refractivity contribution in [2.75, 3.05) is 68.7 Å². The van der Waals surface area contributed by atoms with Crippen LogP contribution in [-0.4, -0.2) is 78.7 Å². The fraction of sp³-hybridized carbons (Fsp3) is 0.524. The summed E-state index contributed by atoms with van der Waals surface area (Å²) in [4.78, 5) is 19.2. The maximum atomic E-state index is 4.88. The van der Waals surface area contributed by atoms with E-state index in [1.807, 2.05) is 6.20 Å². The van der Waals surface area contributed by atoms with Crippen LogP contribution in [0.15, 0.2) is 42.6 Å². The van der Waals surface area contributed by atoms with Crippen LogP contribution in [0.2, 0.25) is 0 Å². The third-order valence-corrected chi connectivity index (χ3v) is 5.68. The highest BCUT2D eigenvalue weighted by Crippen LogP contribution is 2.18. The summed E-state index contributed by atoms with van der Waals surface area (Å²) in [6, 6.07) is 12.8. The molecule has 4 rings (SSSR count). The number of hydrogen-bond acceptors (Lipinski definition) is 6. The van der Waals surface area contributed by atoms with Crippen LogP contribution < -0.4 is 9.80 Å². The quantitative estimate of drug-likeness (QED) is 0.805. The van der Waals surface area contributed by atoms with Gasteiger partial charge >= 0.3 is 0 Å². The van der Waals surface area contributed by atoms with E-state index in [4.69, 9.17) is 4.98 Å². The summed E-state index contributed by atoms with van der Waals surface area (Å²) in [6.07, 6.45) is 1.92. The van der Waals surface area contributed by atoms with Crippen LogP contribution in [0.3, 0.4) is 0 Å². The fourth-order valence-electron chi connectivity index (χ4n) is 3.91. The van der Waals surface area contributed by atoms with E-state index < -0.39 is 0 Å². The molecule has 27 heavy (non-hydrogen) atoms. The molecule has 1 aromatic carbocycles. The van der Waals surface area contributed by atoms with E-state index in [2.05, 4.69) is 67.9 Å². The SMILES string of the molecule is CCN1CCN(c2ccnc(N3CCN(Cc4ccccc4)CC3)n2)CC1. The number of nitrogens with zero attached hydrogens (tertiary/aromatic N) is 6. The normalized spacial score (nSPS) is 19.4. The van der Waals surface area contributed by atoms with Crippen LogP contribution in [0.1, 0.15) is 12.5 Å². The van der Waals surface area contributed by atoms with Gasteiger partial charge in [-0.2, -0.15) is 4.98 Å². The zero-order valence-electron chi connectivity index (χ0n) is 16.3. The molecule has 0 spiro atoms. The predicted octanol–water partition coefficient (Wildman–Crippen LogP) is 1.94. The Balaban J connectivity index is 1.33. The Morgan fingerprint density at radius 2 is 1.44 bits per heavy atom. The van der Waals surface area contributed by atoms with E-state index in [9.17, 15) is 0 Å². The Morgan fingerprint density at radius 3 is 2.15 bits per heavy atom. The van der Waals surface area contributed by atoms with Crippen molar-refractivity contribution in [2.45, 2.75) is 13.5 Å². The third-order valence-electron chi connectivity index (χ3n) is 5.68. The van der Waals surface area contributed by atoms with Gasteiger partial charge in [0.25, 0.3) is 0 Å². The highest BCUT2D eigenvalue weighted by atomic mass is 15.3. The largest absolute Gasteiger partial charge is 0.354 e. The molecule has 0 unspecified atom stereocenters. The lowest BCUT2D eigenvalue weighted by Crippen LogP contribution is -2.47. The van der Waals surface area contributed by atoms with Crippen LogP contribution in [0.5, 0.6) is 0 Å². The van der Waals surface area contributed by atoms with Gasteiger partial charge in [-0.1, -0.05) is 37.3 Å². The first-order valence-corrected chi connectivity index (χ1v) is 10.1. The molecule has 3 heterocycles. The Labute approximate surface area is 162 Å². The Bertz CT molecular complexity index is 706. The summed E-state index contributed by atoms with van der Waals surface area (Å²) in [5.41, 5.74) is 1.38. The highest BCUT2D eigenvalue weighted by Gasteiger charge is 2.21. The summed E-state index contributed by atoms with van der Waals surface area (Å²) < 4.78 is 0. The first kappa shape index (κ1) is 18.2. The molecule has 1 aromatic heterocycles. The molecule has 0 aliphatic carbocycles. The van der Waals surface area contributed by atoms with Crippen molar-refractivity contribution in [3.8, 4) is 0 Å². The monoisotopic (exact) mass is 366 g/mol. The number of likely N-dealkylation sites (N-methyl/N-ethyl adjacent to an activating group) is 1. The van der Waals surface area contributed by atoms with Gasteiger partial charge in [0, 0.05) is 65.1 Å². The van der Waals surface area contributed by atoms with E-state index in [0.29, 0.717) is 0 Å². The summed E-state index contributed by atoms with van der Waals surface area (Å²) >= 11 is 0. The number of rotatable bonds is 5. The second-order valence-electron chi connectivity index (χ2n) is 7.38.